The van der Waals surface area contributed by atoms with Crippen LogP contribution < -0.4 is 9.88 Å². The molecule has 130 valence electrons. The topological polar surface area (TPSA) is 108 Å². The maximum atomic E-state index is 11.3. The number of sulfonamides is 1. The molecule has 3 rings (SSSR count). The molecule has 0 bridgehead atoms. The Kier molecular flexibility index (Phi) is 4.56. The van der Waals surface area contributed by atoms with E-state index in [1.165, 1.54) is 12.1 Å². The molecule has 0 spiro atoms. The van der Waals surface area contributed by atoms with Crippen LogP contribution in [0.5, 0.6) is 5.75 Å². The van der Waals surface area contributed by atoms with Crippen molar-refractivity contribution in [2.24, 2.45) is 5.14 Å². The summed E-state index contributed by atoms with van der Waals surface area (Å²) in [7, 11) is -3.73. The summed E-state index contributed by atoms with van der Waals surface area (Å²) < 4.78 is 33.8. The predicted octanol–water partition coefficient (Wildman–Crippen LogP) is 2.84. The predicted molar refractivity (Wildman–Crippen MR) is 92.3 cm³/mol. The molecular formula is C17H17N3O4S. The Morgan fingerprint density at radius 1 is 0.920 bits per heavy atom. The van der Waals surface area contributed by atoms with Gasteiger partial charge in [-0.2, -0.15) is 0 Å². The molecule has 0 saturated heterocycles. The summed E-state index contributed by atoms with van der Waals surface area (Å²) in [4.78, 5) is 0.0248. The van der Waals surface area contributed by atoms with Gasteiger partial charge >= 0.3 is 0 Å². The summed E-state index contributed by atoms with van der Waals surface area (Å²) in [6.45, 7) is 3.92. The molecule has 0 aliphatic carbocycles. The molecule has 0 saturated carbocycles. The number of ether oxygens (including phenoxy) is 1. The van der Waals surface area contributed by atoms with E-state index in [0.29, 0.717) is 17.3 Å². The Bertz CT molecular complexity index is 962. The van der Waals surface area contributed by atoms with E-state index in [9.17, 15) is 8.42 Å². The Balaban J connectivity index is 1.82. The second kappa shape index (κ2) is 6.66. The number of nitrogens with two attached hydrogens (primary N) is 1. The molecule has 0 fully saturated rings. The molecular weight excluding hydrogens is 342 g/mol. The third-order valence-corrected chi connectivity index (χ3v) is 4.26. The molecule has 3 aromatic rings. The maximum absolute atomic E-state index is 11.3. The zero-order valence-corrected chi connectivity index (χ0v) is 14.5. The molecule has 0 unspecified atom stereocenters. The molecule has 7 nitrogen and oxygen atoms in total. The van der Waals surface area contributed by atoms with Crippen LogP contribution in [0, 0.1) is 0 Å². The third kappa shape index (κ3) is 4.04. The number of hydrogen-bond acceptors (Lipinski definition) is 6. The number of benzene rings is 2. The fourth-order valence-electron chi connectivity index (χ4n) is 2.19. The highest BCUT2D eigenvalue weighted by atomic mass is 32.2. The summed E-state index contributed by atoms with van der Waals surface area (Å²) in [6, 6.07) is 13.3. The van der Waals surface area contributed by atoms with Crippen molar-refractivity contribution >= 4 is 10.0 Å². The Morgan fingerprint density at radius 2 is 1.40 bits per heavy atom. The van der Waals surface area contributed by atoms with Crippen molar-refractivity contribution in [3.63, 3.8) is 0 Å². The van der Waals surface area contributed by atoms with Crippen LogP contribution in [0.2, 0.25) is 0 Å². The van der Waals surface area contributed by atoms with Crippen LogP contribution in [-0.4, -0.2) is 24.7 Å². The second-order valence-electron chi connectivity index (χ2n) is 5.67. The van der Waals surface area contributed by atoms with Gasteiger partial charge in [0.15, 0.2) is 0 Å². The molecule has 0 atom stereocenters. The third-order valence-electron chi connectivity index (χ3n) is 3.33. The van der Waals surface area contributed by atoms with Crippen molar-refractivity contribution in [2.75, 3.05) is 0 Å². The van der Waals surface area contributed by atoms with Crippen LogP contribution >= 0.6 is 0 Å². The molecule has 1 aromatic heterocycles. The Morgan fingerprint density at radius 3 is 1.84 bits per heavy atom. The lowest BCUT2D eigenvalue weighted by Gasteiger charge is -2.09. The summed E-state index contributed by atoms with van der Waals surface area (Å²) in [5, 5.41) is 13.1. The van der Waals surface area contributed by atoms with E-state index in [1.54, 1.807) is 12.1 Å². The summed E-state index contributed by atoms with van der Waals surface area (Å²) >= 11 is 0. The highest BCUT2D eigenvalue weighted by Gasteiger charge is 2.13. The lowest BCUT2D eigenvalue weighted by molar-refractivity contribution is 0.242. The van der Waals surface area contributed by atoms with E-state index in [0.717, 1.165) is 11.3 Å². The van der Waals surface area contributed by atoms with Gasteiger partial charge in [-0.3, -0.25) is 0 Å². The molecule has 0 amide bonds. The molecule has 0 aliphatic rings. The van der Waals surface area contributed by atoms with Crippen LogP contribution in [0.3, 0.4) is 0 Å². The zero-order chi connectivity index (χ0) is 18.0. The first-order valence-corrected chi connectivity index (χ1v) is 9.11. The number of rotatable bonds is 5. The van der Waals surface area contributed by atoms with E-state index in [2.05, 4.69) is 10.2 Å². The Labute approximate surface area is 145 Å². The molecule has 2 N–H and O–H groups in total. The van der Waals surface area contributed by atoms with Crippen molar-refractivity contribution < 1.29 is 17.6 Å². The van der Waals surface area contributed by atoms with Gasteiger partial charge in [-0.15, -0.1) is 10.2 Å². The molecule has 1 heterocycles. The average molecular weight is 359 g/mol. The van der Waals surface area contributed by atoms with E-state index in [-0.39, 0.29) is 11.0 Å². The maximum Gasteiger partial charge on any atom is 0.248 e. The first-order chi connectivity index (χ1) is 11.8. The average Bonchev–Trinajstić information content (AvgIpc) is 3.04. The minimum Gasteiger partial charge on any atom is -0.491 e. The van der Waals surface area contributed by atoms with Gasteiger partial charge < -0.3 is 9.15 Å². The zero-order valence-electron chi connectivity index (χ0n) is 13.7. The smallest absolute Gasteiger partial charge is 0.248 e. The summed E-state index contributed by atoms with van der Waals surface area (Å²) in [5.41, 5.74) is 1.36. The van der Waals surface area contributed by atoms with Gasteiger partial charge in [-0.25, -0.2) is 13.6 Å². The highest BCUT2D eigenvalue weighted by Crippen LogP contribution is 2.26. The molecule has 0 aliphatic heterocycles. The van der Waals surface area contributed by atoms with Gasteiger partial charge in [-0.05, 0) is 62.4 Å². The minimum absolute atomic E-state index is 0.0248. The van der Waals surface area contributed by atoms with Crippen LogP contribution in [0.25, 0.3) is 22.9 Å². The lowest BCUT2D eigenvalue weighted by Crippen LogP contribution is -2.11. The number of hydrogen-bond donors (Lipinski definition) is 1. The standard InChI is InChI=1S/C17H17N3O4S/c1-11(2)23-14-7-3-12(4-8-14)16-19-20-17(24-16)13-5-9-15(10-6-13)25(18,21)22/h3-11H,1-2H3,(H2,18,21,22). The van der Waals surface area contributed by atoms with Crippen LogP contribution in [0.1, 0.15) is 13.8 Å². The fourth-order valence-corrected chi connectivity index (χ4v) is 2.71. The fraction of sp³-hybridized carbons (Fsp3) is 0.176. The normalized spacial score (nSPS) is 11.7. The Hall–Kier alpha value is -2.71. The summed E-state index contributed by atoms with van der Waals surface area (Å²) in [6.07, 6.45) is 0.0983. The molecule has 2 aromatic carbocycles. The molecule has 25 heavy (non-hydrogen) atoms. The van der Waals surface area contributed by atoms with Crippen LogP contribution in [0.15, 0.2) is 57.8 Å². The van der Waals surface area contributed by atoms with Crippen LogP contribution in [0.4, 0.5) is 0 Å². The molecule has 8 heteroatoms. The first kappa shape index (κ1) is 17.1. The van der Waals surface area contributed by atoms with Gasteiger partial charge in [0.2, 0.25) is 21.8 Å². The van der Waals surface area contributed by atoms with Gasteiger partial charge in [-0.1, -0.05) is 0 Å². The van der Waals surface area contributed by atoms with E-state index in [4.69, 9.17) is 14.3 Å². The first-order valence-electron chi connectivity index (χ1n) is 7.57. The van der Waals surface area contributed by atoms with E-state index in [1.807, 2.05) is 38.1 Å². The van der Waals surface area contributed by atoms with Crippen molar-refractivity contribution in [1.29, 1.82) is 0 Å². The number of aromatic nitrogens is 2. The number of primary sulfonamides is 1. The van der Waals surface area contributed by atoms with Gasteiger partial charge in [0.1, 0.15) is 5.75 Å². The van der Waals surface area contributed by atoms with Crippen molar-refractivity contribution in [2.45, 2.75) is 24.8 Å². The minimum atomic E-state index is -3.73. The van der Waals surface area contributed by atoms with Gasteiger partial charge in [0, 0.05) is 11.1 Å². The quantitative estimate of drug-likeness (QED) is 0.750. The van der Waals surface area contributed by atoms with Crippen molar-refractivity contribution in [3.8, 4) is 28.7 Å². The SMILES string of the molecule is CC(C)Oc1ccc(-c2nnc(-c3ccc(S(N)(=O)=O)cc3)o2)cc1. The van der Waals surface area contributed by atoms with E-state index < -0.39 is 10.0 Å². The van der Waals surface area contributed by atoms with Gasteiger partial charge in [0.05, 0.1) is 11.0 Å². The molecule has 0 radical (unpaired) electrons. The van der Waals surface area contributed by atoms with Crippen molar-refractivity contribution in [1.82, 2.24) is 10.2 Å². The lowest BCUT2D eigenvalue weighted by atomic mass is 10.2. The second-order valence-corrected chi connectivity index (χ2v) is 7.23. The number of nitrogens with zero attached hydrogens (tertiary/aromatic N) is 2. The largest absolute Gasteiger partial charge is 0.491 e. The van der Waals surface area contributed by atoms with Gasteiger partial charge in [0.25, 0.3) is 0 Å². The van der Waals surface area contributed by atoms with Crippen LogP contribution in [-0.2, 0) is 10.0 Å². The van der Waals surface area contributed by atoms with E-state index >= 15 is 0 Å². The van der Waals surface area contributed by atoms with Crippen molar-refractivity contribution in [3.05, 3.63) is 48.5 Å². The monoisotopic (exact) mass is 359 g/mol. The highest BCUT2D eigenvalue weighted by molar-refractivity contribution is 7.89. The summed E-state index contributed by atoms with van der Waals surface area (Å²) in [5.74, 6) is 1.41.